The number of anilines is 1. The first-order chi connectivity index (χ1) is 9.10. The Morgan fingerprint density at radius 1 is 1.37 bits per heavy atom. The zero-order valence-corrected chi connectivity index (χ0v) is 11.6. The van der Waals surface area contributed by atoms with Gasteiger partial charge in [-0.25, -0.2) is 0 Å². The van der Waals surface area contributed by atoms with Gasteiger partial charge in [-0.05, 0) is 12.5 Å². The molecule has 0 spiro atoms. The summed E-state index contributed by atoms with van der Waals surface area (Å²) in [6.45, 7) is 2.06. The molecular weight excluding hydrogens is 289 g/mol. The van der Waals surface area contributed by atoms with Gasteiger partial charge in [0.1, 0.15) is 0 Å². The molecule has 0 atom stereocenters. The van der Waals surface area contributed by atoms with Gasteiger partial charge in [0.2, 0.25) is 0 Å². The predicted octanol–water partition coefficient (Wildman–Crippen LogP) is 2.71. The van der Waals surface area contributed by atoms with E-state index in [2.05, 4.69) is 32.6 Å². The number of amides is 1. The van der Waals surface area contributed by atoms with Crippen LogP contribution in [0.1, 0.15) is 29.4 Å². The SMILES string of the molecule is CCCc1cc(NC(=O)c2cc(Cl)nnc2Cl)n[nH]1. The van der Waals surface area contributed by atoms with E-state index in [4.69, 9.17) is 23.2 Å². The summed E-state index contributed by atoms with van der Waals surface area (Å²) < 4.78 is 0. The first-order valence-electron chi connectivity index (χ1n) is 5.64. The molecule has 6 nitrogen and oxygen atoms in total. The maximum absolute atomic E-state index is 12.0. The minimum atomic E-state index is -0.434. The molecule has 0 aromatic carbocycles. The Morgan fingerprint density at radius 3 is 2.89 bits per heavy atom. The Bertz CT molecular complexity index is 599. The number of halogens is 2. The lowest BCUT2D eigenvalue weighted by molar-refractivity contribution is 0.102. The number of aryl methyl sites for hydroxylation is 1. The molecule has 19 heavy (non-hydrogen) atoms. The maximum atomic E-state index is 12.0. The predicted molar refractivity (Wildman–Crippen MR) is 72.6 cm³/mol. The monoisotopic (exact) mass is 299 g/mol. The van der Waals surface area contributed by atoms with E-state index in [1.807, 2.05) is 0 Å². The molecule has 1 amide bonds. The van der Waals surface area contributed by atoms with Gasteiger partial charge in [0.15, 0.2) is 16.1 Å². The lowest BCUT2D eigenvalue weighted by Crippen LogP contribution is -2.13. The summed E-state index contributed by atoms with van der Waals surface area (Å²) in [5.41, 5.74) is 1.11. The third-order valence-corrected chi connectivity index (χ3v) is 2.82. The van der Waals surface area contributed by atoms with Crippen molar-refractivity contribution in [1.82, 2.24) is 20.4 Å². The smallest absolute Gasteiger partial charge is 0.260 e. The van der Waals surface area contributed by atoms with Crippen LogP contribution in [0.15, 0.2) is 12.1 Å². The molecule has 2 heterocycles. The molecule has 2 N–H and O–H groups in total. The van der Waals surface area contributed by atoms with Crippen LogP contribution in [0.4, 0.5) is 5.82 Å². The Hall–Kier alpha value is -1.66. The number of carbonyl (C=O) groups excluding carboxylic acids is 1. The minimum Gasteiger partial charge on any atom is -0.305 e. The summed E-state index contributed by atoms with van der Waals surface area (Å²) in [4.78, 5) is 12.0. The van der Waals surface area contributed by atoms with Crippen LogP contribution < -0.4 is 5.32 Å². The van der Waals surface area contributed by atoms with Crippen molar-refractivity contribution in [3.63, 3.8) is 0 Å². The van der Waals surface area contributed by atoms with Crippen LogP contribution in [0.25, 0.3) is 0 Å². The molecule has 0 saturated heterocycles. The topological polar surface area (TPSA) is 83.6 Å². The maximum Gasteiger partial charge on any atom is 0.260 e. The van der Waals surface area contributed by atoms with E-state index >= 15 is 0 Å². The number of nitrogens with zero attached hydrogens (tertiary/aromatic N) is 3. The van der Waals surface area contributed by atoms with Gasteiger partial charge in [-0.1, -0.05) is 36.5 Å². The number of hydrogen-bond acceptors (Lipinski definition) is 4. The summed E-state index contributed by atoms with van der Waals surface area (Å²) in [5, 5.41) is 16.6. The van der Waals surface area contributed by atoms with Crippen LogP contribution in [-0.2, 0) is 6.42 Å². The lowest BCUT2D eigenvalue weighted by atomic mass is 10.2. The molecule has 0 aliphatic rings. The number of rotatable bonds is 4. The molecule has 8 heteroatoms. The van der Waals surface area contributed by atoms with Gasteiger partial charge in [-0.3, -0.25) is 9.89 Å². The van der Waals surface area contributed by atoms with Crippen molar-refractivity contribution in [2.45, 2.75) is 19.8 Å². The van der Waals surface area contributed by atoms with Crippen LogP contribution in [0.2, 0.25) is 10.3 Å². The average molecular weight is 300 g/mol. The largest absolute Gasteiger partial charge is 0.305 e. The normalized spacial score (nSPS) is 10.5. The van der Waals surface area contributed by atoms with Crippen LogP contribution in [0.3, 0.4) is 0 Å². The number of hydrogen-bond donors (Lipinski definition) is 2. The van der Waals surface area contributed by atoms with E-state index in [9.17, 15) is 4.79 Å². The molecular formula is C11H11Cl2N5O. The quantitative estimate of drug-likeness (QED) is 0.909. The molecule has 2 rings (SSSR count). The number of aromatic amines is 1. The first-order valence-corrected chi connectivity index (χ1v) is 6.40. The van der Waals surface area contributed by atoms with Crippen molar-refractivity contribution in [1.29, 1.82) is 0 Å². The molecule has 100 valence electrons. The number of aromatic nitrogens is 4. The molecule has 0 aliphatic heterocycles. The fourth-order valence-corrected chi connectivity index (χ4v) is 1.84. The van der Waals surface area contributed by atoms with Crippen molar-refractivity contribution in [2.75, 3.05) is 5.32 Å². The minimum absolute atomic E-state index is 0.00813. The van der Waals surface area contributed by atoms with E-state index in [-0.39, 0.29) is 15.9 Å². The fraction of sp³-hybridized carbons (Fsp3) is 0.273. The van der Waals surface area contributed by atoms with E-state index in [1.54, 1.807) is 6.07 Å². The van der Waals surface area contributed by atoms with Crippen molar-refractivity contribution < 1.29 is 4.79 Å². The molecule has 0 aliphatic carbocycles. The summed E-state index contributed by atoms with van der Waals surface area (Å²) in [5.74, 6) is -0.00574. The van der Waals surface area contributed by atoms with Gasteiger partial charge in [0, 0.05) is 11.8 Å². The molecule has 0 saturated carbocycles. The average Bonchev–Trinajstić information content (AvgIpc) is 2.80. The first kappa shape index (κ1) is 13.8. The zero-order valence-electron chi connectivity index (χ0n) is 10.1. The number of carbonyl (C=O) groups is 1. The van der Waals surface area contributed by atoms with Gasteiger partial charge < -0.3 is 5.32 Å². The standard InChI is InChI=1S/C11H11Cl2N5O/c1-2-3-6-4-9(17-15-6)14-11(19)7-5-8(12)16-18-10(7)13/h4-5H,2-3H2,1H3,(H2,14,15,17,19). The molecule has 0 bridgehead atoms. The molecule has 2 aromatic rings. The third kappa shape index (κ3) is 3.42. The third-order valence-electron chi connectivity index (χ3n) is 2.36. The van der Waals surface area contributed by atoms with Crippen LogP contribution in [-0.4, -0.2) is 26.3 Å². The van der Waals surface area contributed by atoms with E-state index in [1.165, 1.54) is 6.07 Å². The number of nitrogens with one attached hydrogen (secondary N) is 2. The Labute approximate surface area is 119 Å². The molecule has 0 fully saturated rings. The summed E-state index contributed by atoms with van der Waals surface area (Å²) >= 11 is 11.5. The highest BCUT2D eigenvalue weighted by Crippen LogP contribution is 2.17. The second kappa shape index (κ2) is 5.99. The van der Waals surface area contributed by atoms with Crippen LogP contribution in [0, 0.1) is 0 Å². The molecule has 2 aromatic heterocycles. The Morgan fingerprint density at radius 2 is 2.16 bits per heavy atom. The zero-order chi connectivity index (χ0) is 13.8. The summed E-state index contributed by atoms with van der Waals surface area (Å²) in [7, 11) is 0. The van der Waals surface area contributed by atoms with Crippen molar-refractivity contribution in [3.8, 4) is 0 Å². The van der Waals surface area contributed by atoms with Crippen molar-refractivity contribution >= 4 is 34.9 Å². The van der Waals surface area contributed by atoms with Crippen molar-refractivity contribution in [3.05, 3.63) is 33.7 Å². The second-order valence-electron chi connectivity index (χ2n) is 3.85. The van der Waals surface area contributed by atoms with Crippen molar-refractivity contribution in [2.24, 2.45) is 0 Å². The summed E-state index contributed by atoms with van der Waals surface area (Å²) in [6, 6.07) is 3.12. The van der Waals surface area contributed by atoms with Gasteiger partial charge in [0.25, 0.3) is 5.91 Å². The fourth-order valence-electron chi connectivity index (χ4n) is 1.52. The highest BCUT2D eigenvalue weighted by molar-refractivity contribution is 6.34. The lowest BCUT2D eigenvalue weighted by Gasteiger charge is -2.02. The van der Waals surface area contributed by atoms with Gasteiger partial charge in [-0.2, -0.15) is 5.10 Å². The van der Waals surface area contributed by atoms with Gasteiger partial charge in [0.05, 0.1) is 5.56 Å². The molecule has 0 unspecified atom stereocenters. The summed E-state index contributed by atoms with van der Waals surface area (Å²) in [6.07, 6.45) is 1.86. The second-order valence-corrected chi connectivity index (χ2v) is 4.60. The van der Waals surface area contributed by atoms with E-state index in [0.29, 0.717) is 5.82 Å². The van der Waals surface area contributed by atoms with Crippen LogP contribution in [0.5, 0.6) is 0 Å². The molecule has 0 radical (unpaired) electrons. The van der Waals surface area contributed by atoms with Crippen LogP contribution >= 0.6 is 23.2 Å². The van der Waals surface area contributed by atoms with E-state index < -0.39 is 5.91 Å². The Balaban J connectivity index is 2.13. The van der Waals surface area contributed by atoms with E-state index in [0.717, 1.165) is 18.5 Å². The highest BCUT2D eigenvalue weighted by Gasteiger charge is 2.14. The van der Waals surface area contributed by atoms with Gasteiger partial charge in [-0.15, -0.1) is 10.2 Å². The Kier molecular flexibility index (Phi) is 4.34. The highest BCUT2D eigenvalue weighted by atomic mass is 35.5. The number of H-pyrrole nitrogens is 1. The van der Waals surface area contributed by atoms with Gasteiger partial charge >= 0.3 is 0 Å².